The van der Waals surface area contributed by atoms with E-state index in [9.17, 15) is 9.59 Å². The Hall–Kier alpha value is -3.36. The minimum atomic E-state index is 0.0168. The SMILES string of the molecule is CCCCN(CC(=O)N1CCCN(c2ccc(-c3ccc(OC)cc3OC)nn2)CC1)C(=O)CC(C)C. The minimum absolute atomic E-state index is 0.0168. The van der Waals surface area contributed by atoms with Gasteiger partial charge in [0.05, 0.1) is 26.5 Å². The van der Waals surface area contributed by atoms with Crippen molar-refractivity contribution >= 4 is 17.6 Å². The Morgan fingerprint density at radius 1 is 1.03 bits per heavy atom. The van der Waals surface area contributed by atoms with Crippen LogP contribution in [0.3, 0.4) is 0 Å². The monoisotopic (exact) mass is 511 g/mol. The van der Waals surface area contributed by atoms with E-state index in [-0.39, 0.29) is 24.3 Å². The number of ether oxygens (including phenoxy) is 2. The van der Waals surface area contributed by atoms with Crippen LogP contribution in [0.15, 0.2) is 30.3 Å². The molecule has 3 rings (SSSR count). The van der Waals surface area contributed by atoms with Crippen molar-refractivity contribution < 1.29 is 19.1 Å². The van der Waals surface area contributed by atoms with Crippen LogP contribution in [0.2, 0.25) is 0 Å². The molecule has 1 aromatic carbocycles. The highest BCUT2D eigenvalue weighted by molar-refractivity contribution is 5.85. The number of rotatable bonds is 11. The molecule has 37 heavy (non-hydrogen) atoms. The third-order valence-electron chi connectivity index (χ3n) is 6.55. The van der Waals surface area contributed by atoms with Gasteiger partial charge in [0, 0.05) is 50.8 Å². The second-order valence-corrected chi connectivity index (χ2v) is 9.83. The fourth-order valence-corrected chi connectivity index (χ4v) is 4.43. The van der Waals surface area contributed by atoms with E-state index in [0.29, 0.717) is 49.8 Å². The lowest BCUT2D eigenvalue weighted by Crippen LogP contribution is -2.44. The predicted molar refractivity (Wildman–Crippen MR) is 145 cm³/mol. The first-order chi connectivity index (χ1) is 17.9. The molecule has 1 saturated heterocycles. The van der Waals surface area contributed by atoms with Crippen molar-refractivity contribution in [1.29, 1.82) is 0 Å². The summed E-state index contributed by atoms with van der Waals surface area (Å²) >= 11 is 0. The van der Waals surface area contributed by atoms with Crippen LogP contribution in [0.1, 0.15) is 46.5 Å². The first kappa shape index (κ1) is 28.2. The molecule has 0 radical (unpaired) electrons. The summed E-state index contributed by atoms with van der Waals surface area (Å²) in [7, 11) is 3.24. The second-order valence-electron chi connectivity index (χ2n) is 9.83. The molecule has 0 unspecified atom stereocenters. The van der Waals surface area contributed by atoms with Gasteiger partial charge in [-0.05, 0) is 43.0 Å². The molecular formula is C28H41N5O4. The average molecular weight is 512 g/mol. The molecule has 0 saturated carbocycles. The van der Waals surface area contributed by atoms with Gasteiger partial charge in [0.15, 0.2) is 5.82 Å². The number of nitrogens with zero attached hydrogens (tertiary/aromatic N) is 5. The van der Waals surface area contributed by atoms with Gasteiger partial charge in [-0.25, -0.2) is 0 Å². The summed E-state index contributed by atoms with van der Waals surface area (Å²) in [5.74, 6) is 2.52. The van der Waals surface area contributed by atoms with Gasteiger partial charge < -0.3 is 24.2 Å². The van der Waals surface area contributed by atoms with Gasteiger partial charge in [-0.15, -0.1) is 10.2 Å². The molecular weight excluding hydrogens is 470 g/mol. The largest absolute Gasteiger partial charge is 0.497 e. The summed E-state index contributed by atoms with van der Waals surface area (Å²) in [6, 6.07) is 9.50. The Kier molecular flexibility index (Phi) is 10.5. The van der Waals surface area contributed by atoms with Crippen LogP contribution in [-0.2, 0) is 9.59 Å². The number of carbonyl (C=O) groups excluding carboxylic acids is 2. The Morgan fingerprint density at radius 2 is 1.84 bits per heavy atom. The van der Waals surface area contributed by atoms with Gasteiger partial charge in [-0.2, -0.15) is 0 Å². The summed E-state index contributed by atoms with van der Waals surface area (Å²) in [6.07, 6.45) is 3.20. The molecule has 2 amide bonds. The Bertz CT molecular complexity index is 1030. The lowest BCUT2D eigenvalue weighted by Gasteiger charge is -2.27. The van der Waals surface area contributed by atoms with E-state index in [2.05, 4.69) is 22.0 Å². The Labute approximate surface area is 220 Å². The Balaban J connectivity index is 1.62. The molecule has 2 aromatic rings. The van der Waals surface area contributed by atoms with Crippen LogP contribution in [-0.4, -0.2) is 85.3 Å². The van der Waals surface area contributed by atoms with Gasteiger partial charge in [-0.1, -0.05) is 27.2 Å². The van der Waals surface area contributed by atoms with Crippen molar-refractivity contribution in [3.8, 4) is 22.8 Å². The molecule has 0 N–H and O–H groups in total. The van der Waals surface area contributed by atoms with E-state index in [1.807, 2.05) is 49.1 Å². The maximum atomic E-state index is 13.1. The van der Waals surface area contributed by atoms with Crippen LogP contribution in [0.25, 0.3) is 11.3 Å². The molecule has 9 heteroatoms. The summed E-state index contributed by atoms with van der Waals surface area (Å²) in [5.41, 5.74) is 1.56. The number of hydrogen-bond acceptors (Lipinski definition) is 7. The van der Waals surface area contributed by atoms with E-state index in [1.54, 1.807) is 19.1 Å². The average Bonchev–Trinajstić information content (AvgIpc) is 3.16. The van der Waals surface area contributed by atoms with Crippen molar-refractivity contribution in [2.24, 2.45) is 5.92 Å². The van der Waals surface area contributed by atoms with E-state index < -0.39 is 0 Å². The van der Waals surface area contributed by atoms with Crippen LogP contribution in [0, 0.1) is 5.92 Å². The normalized spacial score (nSPS) is 13.9. The van der Waals surface area contributed by atoms with Gasteiger partial charge in [-0.3, -0.25) is 9.59 Å². The standard InChI is InChI=1S/C28H41N5O4/c1-6-7-13-33(27(34)18-21(2)3)20-28(35)32-15-8-14-31(16-17-32)26-12-11-24(29-30-26)23-10-9-22(36-4)19-25(23)37-5/h9-12,19,21H,6-8,13-18,20H2,1-5H3. The maximum absolute atomic E-state index is 13.1. The van der Waals surface area contributed by atoms with Crippen LogP contribution in [0.4, 0.5) is 5.82 Å². The lowest BCUT2D eigenvalue weighted by molar-refractivity contribution is -0.140. The van der Waals surface area contributed by atoms with Crippen molar-refractivity contribution in [2.45, 2.75) is 46.5 Å². The summed E-state index contributed by atoms with van der Waals surface area (Å²) in [6.45, 7) is 9.67. The molecule has 1 aliphatic heterocycles. The molecule has 1 aliphatic rings. The number of methoxy groups -OCH3 is 2. The zero-order chi connectivity index (χ0) is 26.8. The molecule has 0 atom stereocenters. The van der Waals surface area contributed by atoms with Crippen molar-refractivity contribution in [2.75, 3.05) is 58.4 Å². The first-order valence-electron chi connectivity index (χ1n) is 13.2. The van der Waals surface area contributed by atoms with Crippen LogP contribution >= 0.6 is 0 Å². The van der Waals surface area contributed by atoms with Gasteiger partial charge in [0.2, 0.25) is 11.8 Å². The zero-order valence-electron chi connectivity index (χ0n) is 22.9. The summed E-state index contributed by atoms with van der Waals surface area (Å²) in [4.78, 5) is 31.6. The number of hydrogen-bond donors (Lipinski definition) is 0. The quantitative estimate of drug-likeness (QED) is 0.452. The Morgan fingerprint density at radius 3 is 2.49 bits per heavy atom. The fraction of sp³-hybridized carbons (Fsp3) is 0.571. The molecule has 1 fully saturated rings. The molecule has 0 spiro atoms. The third kappa shape index (κ3) is 7.81. The number of carbonyl (C=O) groups is 2. The van der Waals surface area contributed by atoms with Gasteiger partial charge in [0.1, 0.15) is 11.5 Å². The summed E-state index contributed by atoms with van der Waals surface area (Å²) in [5, 5.41) is 8.92. The molecule has 202 valence electrons. The fourth-order valence-electron chi connectivity index (χ4n) is 4.43. The molecule has 9 nitrogen and oxygen atoms in total. The highest BCUT2D eigenvalue weighted by atomic mass is 16.5. The molecule has 0 aliphatic carbocycles. The lowest BCUT2D eigenvalue weighted by atomic mass is 10.1. The van der Waals surface area contributed by atoms with Crippen molar-refractivity contribution in [1.82, 2.24) is 20.0 Å². The number of benzene rings is 1. The smallest absolute Gasteiger partial charge is 0.242 e. The van der Waals surface area contributed by atoms with E-state index in [0.717, 1.165) is 37.2 Å². The first-order valence-corrected chi connectivity index (χ1v) is 13.2. The maximum Gasteiger partial charge on any atom is 0.242 e. The van der Waals surface area contributed by atoms with Gasteiger partial charge >= 0.3 is 0 Å². The molecule has 1 aromatic heterocycles. The number of amides is 2. The zero-order valence-corrected chi connectivity index (χ0v) is 22.9. The van der Waals surface area contributed by atoms with Gasteiger partial charge in [0.25, 0.3) is 0 Å². The predicted octanol–water partition coefficient (Wildman–Crippen LogP) is 3.87. The topological polar surface area (TPSA) is 88.1 Å². The van der Waals surface area contributed by atoms with Crippen molar-refractivity contribution in [3.63, 3.8) is 0 Å². The van der Waals surface area contributed by atoms with E-state index in [4.69, 9.17) is 9.47 Å². The van der Waals surface area contributed by atoms with E-state index in [1.165, 1.54) is 0 Å². The van der Waals surface area contributed by atoms with Crippen LogP contribution < -0.4 is 14.4 Å². The molecule has 2 heterocycles. The number of anilines is 1. The third-order valence-corrected chi connectivity index (χ3v) is 6.55. The second kappa shape index (κ2) is 13.8. The van der Waals surface area contributed by atoms with Crippen molar-refractivity contribution in [3.05, 3.63) is 30.3 Å². The highest BCUT2D eigenvalue weighted by Crippen LogP contribution is 2.32. The highest BCUT2D eigenvalue weighted by Gasteiger charge is 2.24. The number of aromatic nitrogens is 2. The molecule has 0 bridgehead atoms. The van der Waals surface area contributed by atoms with E-state index >= 15 is 0 Å². The minimum Gasteiger partial charge on any atom is -0.497 e. The van der Waals surface area contributed by atoms with Crippen LogP contribution in [0.5, 0.6) is 11.5 Å². The number of unbranched alkanes of at least 4 members (excludes halogenated alkanes) is 1. The summed E-state index contributed by atoms with van der Waals surface area (Å²) < 4.78 is 10.8.